The lowest BCUT2D eigenvalue weighted by molar-refractivity contribution is 0.102. The van der Waals surface area contributed by atoms with Gasteiger partial charge in [-0.1, -0.05) is 0 Å². The van der Waals surface area contributed by atoms with Crippen LogP contribution in [0, 0.1) is 5.82 Å². The van der Waals surface area contributed by atoms with Crippen LogP contribution in [0.15, 0.2) is 36.9 Å². The lowest BCUT2D eigenvalue weighted by Crippen LogP contribution is -2.54. The van der Waals surface area contributed by atoms with Gasteiger partial charge in [0, 0.05) is 68.1 Å². The van der Waals surface area contributed by atoms with Gasteiger partial charge in [-0.25, -0.2) is 14.4 Å². The summed E-state index contributed by atoms with van der Waals surface area (Å²) in [7, 11) is 1.72. The van der Waals surface area contributed by atoms with E-state index < -0.39 is 11.7 Å². The van der Waals surface area contributed by atoms with Gasteiger partial charge < -0.3 is 15.5 Å². The third-order valence-electron chi connectivity index (χ3n) is 5.52. The van der Waals surface area contributed by atoms with Gasteiger partial charge in [0.1, 0.15) is 16.6 Å². The highest BCUT2D eigenvalue weighted by Crippen LogP contribution is 2.27. The molecule has 1 aromatic carbocycles. The molecule has 1 saturated heterocycles. The Kier molecular flexibility index (Phi) is 4.93. The third kappa shape index (κ3) is 3.62. The Morgan fingerprint density at radius 3 is 2.56 bits per heavy atom. The van der Waals surface area contributed by atoms with E-state index in [0.29, 0.717) is 40.0 Å². The zero-order valence-corrected chi connectivity index (χ0v) is 18.0. The van der Waals surface area contributed by atoms with Gasteiger partial charge in [-0.05, 0) is 26.0 Å². The Balaban J connectivity index is 1.50. The number of amides is 1. The standard InChI is InChI=1S/C22H23FN8O/c1-12-9-31(10-13(2)27-12)21-20-19(24-4-5-25-20)16(8-26-21)22(32)28-15-6-14-11-30(3)29-18(14)17(23)7-15/h4-8,11-13,27H,9-10H2,1-3H3,(H,28,32). The van der Waals surface area contributed by atoms with Crippen molar-refractivity contribution < 1.29 is 9.18 Å². The predicted molar refractivity (Wildman–Crippen MR) is 120 cm³/mol. The molecule has 2 unspecified atom stereocenters. The van der Waals surface area contributed by atoms with Crippen molar-refractivity contribution in [1.82, 2.24) is 30.0 Å². The predicted octanol–water partition coefficient (Wildman–Crippen LogP) is 2.49. The lowest BCUT2D eigenvalue weighted by Gasteiger charge is -2.37. The second-order valence-corrected chi connectivity index (χ2v) is 8.28. The number of rotatable bonds is 3. The van der Waals surface area contributed by atoms with Crippen LogP contribution in [0.4, 0.5) is 15.9 Å². The summed E-state index contributed by atoms with van der Waals surface area (Å²) >= 11 is 0. The van der Waals surface area contributed by atoms with E-state index in [2.05, 4.69) is 49.4 Å². The molecule has 32 heavy (non-hydrogen) atoms. The number of pyridine rings is 1. The first-order valence-corrected chi connectivity index (χ1v) is 10.4. The molecule has 1 aliphatic heterocycles. The number of carbonyl (C=O) groups excluding carboxylic acids is 1. The number of aryl methyl sites for hydroxylation is 1. The molecule has 0 aliphatic carbocycles. The zero-order chi connectivity index (χ0) is 22.4. The van der Waals surface area contributed by atoms with Gasteiger partial charge in [0.15, 0.2) is 11.6 Å². The topological polar surface area (TPSA) is 101 Å². The molecule has 0 radical (unpaired) electrons. The van der Waals surface area contributed by atoms with Gasteiger partial charge in [-0.3, -0.25) is 14.5 Å². The van der Waals surface area contributed by atoms with E-state index in [4.69, 9.17) is 0 Å². The molecule has 9 nitrogen and oxygen atoms in total. The number of hydrogen-bond acceptors (Lipinski definition) is 7. The van der Waals surface area contributed by atoms with Crippen molar-refractivity contribution >= 4 is 39.3 Å². The van der Waals surface area contributed by atoms with Gasteiger partial charge in [0.05, 0.1) is 5.56 Å². The van der Waals surface area contributed by atoms with Crippen molar-refractivity contribution in [2.75, 3.05) is 23.3 Å². The molecule has 0 bridgehead atoms. The van der Waals surface area contributed by atoms with E-state index in [0.717, 1.165) is 13.1 Å². The minimum atomic E-state index is -0.501. The normalized spacial score (nSPS) is 18.9. The number of aromatic nitrogens is 5. The van der Waals surface area contributed by atoms with E-state index in [1.54, 1.807) is 31.7 Å². The Labute approximate surface area is 183 Å². The zero-order valence-electron chi connectivity index (χ0n) is 18.0. The summed E-state index contributed by atoms with van der Waals surface area (Å²) in [4.78, 5) is 28.7. The van der Waals surface area contributed by atoms with E-state index in [1.807, 2.05) is 0 Å². The van der Waals surface area contributed by atoms with Gasteiger partial charge >= 0.3 is 0 Å². The molecule has 2 atom stereocenters. The van der Waals surface area contributed by atoms with Gasteiger partial charge in [0.2, 0.25) is 0 Å². The first-order valence-electron chi connectivity index (χ1n) is 10.4. The van der Waals surface area contributed by atoms with Crippen LogP contribution >= 0.6 is 0 Å². The van der Waals surface area contributed by atoms with E-state index in [1.165, 1.54) is 16.9 Å². The van der Waals surface area contributed by atoms with Crippen LogP contribution in [0.1, 0.15) is 24.2 Å². The number of halogens is 1. The van der Waals surface area contributed by atoms with Crippen molar-refractivity contribution in [2.45, 2.75) is 25.9 Å². The van der Waals surface area contributed by atoms with Gasteiger partial charge in [-0.15, -0.1) is 0 Å². The third-order valence-corrected chi connectivity index (χ3v) is 5.52. The van der Waals surface area contributed by atoms with Crippen molar-refractivity contribution in [2.24, 2.45) is 7.05 Å². The van der Waals surface area contributed by atoms with Gasteiger partial charge in [0.25, 0.3) is 5.91 Å². The fraction of sp³-hybridized carbons (Fsp3) is 0.318. The van der Waals surface area contributed by atoms with Crippen LogP contribution in [-0.4, -0.2) is 55.8 Å². The van der Waals surface area contributed by atoms with Crippen LogP contribution in [0.5, 0.6) is 0 Å². The first-order chi connectivity index (χ1) is 15.4. The van der Waals surface area contributed by atoms with Crippen LogP contribution in [-0.2, 0) is 7.05 Å². The largest absolute Gasteiger partial charge is 0.352 e. The number of piperazine rings is 1. The highest BCUT2D eigenvalue weighted by molar-refractivity contribution is 6.12. The fourth-order valence-corrected chi connectivity index (χ4v) is 4.33. The molecule has 1 amide bonds. The summed E-state index contributed by atoms with van der Waals surface area (Å²) in [5.74, 6) is -0.231. The molecule has 5 rings (SSSR count). The summed E-state index contributed by atoms with van der Waals surface area (Å²) in [6.45, 7) is 5.80. The van der Waals surface area contributed by atoms with E-state index >= 15 is 0 Å². The van der Waals surface area contributed by atoms with Crippen molar-refractivity contribution in [3.05, 3.63) is 48.3 Å². The van der Waals surface area contributed by atoms with Crippen molar-refractivity contribution in [3.8, 4) is 0 Å². The summed E-state index contributed by atoms with van der Waals surface area (Å²) in [5, 5.41) is 10.9. The highest BCUT2D eigenvalue weighted by Gasteiger charge is 2.25. The number of nitrogens with one attached hydrogen (secondary N) is 2. The monoisotopic (exact) mass is 434 g/mol. The molecular formula is C22H23FN8O. The minimum Gasteiger partial charge on any atom is -0.352 e. The van der Waals surface area contributed by atoms with Crippen LogP contribution < -0.4 is 15.5 Å². The number of hydrogen-bond donors (Lipinski definition) is 2. The molecule has 2 N–H and O–H groups in total. The lowest BCUT2D eigenvalue weighted by atomic mass is 10.1. The molecule has 0 saturated carbocycles. The minimum absolute atomic E-state index is 0.257. The summed E-state index contributed by atoms with van der Waals surface area (Å²) < 4.78 is 15.9. The molecule has 3 aromatic heterocycles. The molecule has 10 heteroatoms. The molecule has 0 spiro atoms. The van der Waals surface area contributed by atoms with Crippen molar-refractivity contribution in [1.29, 1.82) is 0 Å². The second-order valence-electron chi connectivity index (χ2n) is 8.28. The number of nitrogens with zero attached hydrogens (tertiary/aromatic N) is 6. The summed E-state index contributed by atoms with van der Waals surface area (Å²) in [5.41, 5.74) is 1.89. The Morgan fingerprint density at radius 1 is 1.09 bits per heavy atom. The molecule has 4 heterocycles. The number of anilines is 2. The molecule has 164 valence electrons. The van der Waals surface area contributed by atoms with Crippen molar-refractivity contribution in [3.63, 3.8) is 0 Å². The van der Waals surface area contributed by atoms with Crippen LogP contribution in [0.3, 0.4) is 0 Å². The van der Waals surface area contributed by atoms with E-state index in [9.17, 15) is 9.18 Å². The smallest absolute Gasteiger partial charge is 0.259 e. The second kappa shape index (κ2) is 7.79. The highest BCUT2D eigenvalue weighted by atomic mass is 19.1. The summed E-state index contributed by atoms with van der Waals surface area (Å²) in [6.07, 6.45) is 6.35. The van der Waals surface area contributed by atoms with E-state index in [-0.39, 0.29) is 11.1 Å². The maximum atomic E-state index is 14.4. The SMILES string of the molecule is CC1CN(c2ncc(C(=O)Nc3cc(F)c4nn(C)cc4c3)c3nccnc23)CC(C)N1. The average Bonchev–Trinajstić information content (AvgIpc) is 3.13. The average molecular weight is 434 g/mol. The molecular weight excluding hydrogens is 411 g/mol. The number of carbonyl (C=O) groups is 1. The fourth-order valence-electron chi connectivity index (χ4n) is 4.33. The first kappa shape index (κ1) is 20.3. The molecule has 4 aromatic rings. The number of fused-ring (bicyclic) bond motifs is 2. The maximum Gasteiger partial charge on any atom is 0.259 e. The molecule has 1 aliphatic rings. The Bertz CT molecular complexity index is 1330. The maximum absolute atomic E-state index is 14.4. The van der Waals surface area contributed by atoms with Crippen LogP contribution in [0.2, 0.25) is 0 Å². The van der Waals surface area contributed by atoms with Crippen LogP contribution in [0.25, 0.3) is 21.9 Å². The quantitative estimate of drug-likeness (QED) is 0.511. The Hall–Kier alpha value is -3.66. The van der Waals surface area contributed by atoms with Gasteiger partial charge in [-0.2, -0.15) is 5.10 Å². The Morgan fingerprint density at radius 2 is 1.81 bits per heavy atom. The molecule has 1 fully saturated rings. The summed E-state index contributed by atoms with van der Waals surface area (Å²) in [6, 6.07) is 3.54. The number of benzene rings is 1.